The van der Waals surface area contributed by atoms with Crippen molar-refractivity contribution in [1.29, 1.82) is 0 Å². The summed E-state index contributed by atoms with van der Waals surface area (Å²) in [6, 6.07) is 9.77. The number of fused-ring (bicyclic) bond motifs is 3. The average molecular weight is 413 g/mol. The van der Waals surface area contributed by atoms with Crippen molar-refractivity contribution < 1.29 is 4.74 Å². The van der Waals surface area contributed by atoms with Crippen LogP contribution in [0.2, 0.25) is 0 Å². The number of hydrogen-bond acceptors (Lipinski definition) is 5. The van der Waals surface area contributed by atoms with Crippen molar-refractivity contribution in [3.63, 3.8) is 0 Å². The maximum absolute atomic E-state index is 13.7. The third-order valence-corrected chi connectivity index (χ3v) is 7.19. The van der Waals surface area contributed by atoms with Crippen LogP contribution in [0.25, 0.3) is 15.9 Å². The summed E-state index contributed by atoms with van der Waals surface area (Å²) in [6.45, 7) is 10.9. The standard InChI is InChI=1S/C22H24N2O2S2/c1-13(2)12-27-22-23-20-19(21(25)24(22)15-8-6-5-7-9-15)16-10-17(14(3)4)26-11-18(16)28-20/h5-9,14,17H,1,10-12H2,2-4H3/t17-/m0/s1. The van der Waals surface area contributed by atoms with Gasteiger partial charge >= 0.3 is 0 Å². The molecule has 1 aliphatic rings. The Kier molecular flexibility index (Phi) is 5.45. The lowest BCUT2D eigenvalue weighted by Gasteiger charge is -2.26. The summed E-state index contributed by atoms with van der Waals surface area (Å²) in [4.78, 5) is 20.5. The van der Waals surface area contributed by atoms with Crippen molar-refractivity contribution >= 4 is 33.3 Å². The predicted octanol–water partition coefficient (Wildman–Crippen LogP) is 5.21. The minimum atomic E-state index is 0.0160. The van der Waals surface area contributed by atoms with E-state index in [1.54, 1.807) is 27.7 Å². The van der Waals surface area contributed by atoms with Gasteiger partial charge in [0.1, 0.15) is 4.83 Å². The first-order valence-electron chi connectivity index (χ1n) is 9.47. The second-order valence-electron chi connectivity index (χ2n) is 7.60. The number of aromatic nitrogens is 2. The van der Waals surface area contributed by atoms with E-state index in [0.29, 0.717) is 17.7 Å². The Balaban J connectivity index is 1.93. The first kappa shape index (κ1) is 19.4. The molecule has 2 aromatic heterocycles. The fraction of sp³-hybridized carbons (Fsp3) is 0.364. The molecule has 4 rings (SSSR count). The van der Waals surface area contributed by atoms with Gasteiger partial charge in [-0.25, -0.2) is 4.98 Å². The van der Waals surface area contributed by atoms with Crippen molar-refractivity contribution in [2.24, 2.45) is 5.92 Å². The molecule has 0 fully saturated rings. The summed E-state index contributed by atoms with van der Waals surface area (Å²) < 4.78 is 7.77. The molecule has 146 valence electrons. The van der Waals surface area contributed by atoms with Gasteiger partial charge in [0, 0.05) is 17.1 Å². The van der Waals surface area contributed by atoms with E-state index >= 15 is 0 Å². The molecule has 0 spiro atoms. The zero-order chi connectivity index (χ0) is 19.8. The Morgan fingerprint density at radius 1 is 1.39 bits per heavy atom. The maximum atomic E-state index is 13.7. The largest absolute Gasteiger partial charge is 0.372 e. The van der Waals surface area contributed by atoms with Crippen molar-refractivity contribution in [2.75, 3.05) is 5.75 Å². The van der Waals surface area contributed by atoms with E-state index < -0.39 is 0 Å². The van der Waals surface area contributed by atoms with Crippen LogP contribution in [0.4, 0.5) is 0 Å². The fourth-order valence-corrected chi connectivity index (χ4v) is 5.45. The summed E-state index contributed by atoms with van der Waals surface area (Å²) in [5, 5.41) is 1.48. The Labute approximate surface area is 173 Å². The molecule has 28 heavy (non-hydrogen) atoms. The molecule has 0 saturated carbocycles. The Bertz CT molecular complexity index is 1080. The molecule has 0 unspecified atom stereocenters. The summed E-state index contributed by atoms with van der Waals surface area (Å²) in [5.41, 5.74) is 3.04. The molecule has 1 aliphatic heterocycles. The van der Waals surface area contributed by atoms with E-state index in [9.17, 15) is 4.79 Å². The minimum absolute atomic E-state index is 0.0160. The lowest BCUT2D eigenvalue weighted by Crippen LogP contribution is -2.28. The zero-order valence-electron chi connectivity index (χ0n) is 16.4. The van der Waals surface area contributed by atoms with Crippen LogP contribution in [0.15, 0.2) is 52.4 Å². The van der Waals surface area contributed by atoms with Crippen LogP contribution < -0.4 is 5.56 Å². The highest BCUT2D eigenvalue weighted by Crippen LogP contribution is 2.36. The van der Waals surface area contributed by atoms with Crippen molar-refractivity contribution in [3.8, 4) is 5.69 Å². The molecule has 1 atom stereocenters. The van der Waals surface area contributed by atoms with Crippen molar-refractivity contribution in [2.45, 2.75) is 45.1 Å². The van der Waals surface area contributed by atoms with Gasteiger partial charge in [-0.15, -0.1) is 11.3 Å². The van der Waals surface area contributed by atoms with Crippen LogP contribution in [-0.4, -0.2) is 21.4 Å². The van der Waals surface area contributed by atoms with Crippen LogP contribution in [0.3, 0.4) is 0 Å². The molecule has 0 amide bonds. The fourth-order valence-electron chi connectivity index (χ4n) is 3.43. The van der Waals surface area contributed by atoms with Gasteiger partial charge in [0.2, 0.25) is 0 Å². The summed E-state index contributed by atoms with van der Waals surface area (Å²) in [6.07, 6.45) is 0.920. The lowest BCUT2D eigenvalue weighted by atomic mass is 9.96. The van der Waals surface area contributed by atoms with Crippen molar-refractivity contribution in [1.82, 2.24) is 9.55 Å². The topological polar surface area (TPSA) is 44.1 Å². The number of benzene rings is 1. The Hall–Kier alpha value is -1.89. The molecule has 0 saturated heterocycles. The van der Waals surface area contributed by atoms with Crippen LogP contribution >= 0.6 is 23.1 Å². The van der Waals surface area contributed by atoms with E-state index in [2.05, 4.69) is 20.4 Å². The number of thiophene rings is 1. The van der Waals surface area contributed by atoms with Crippen molar-refractivity contribution in [3.05, 3.63) is 63.3 Å². The molecule has 6 heteroatoms. The highest BCUT2D eigenvalue weighted by atomic mass is 32.2. The van der Waals surface area contributed by atoms with Gasteiger partial charge in [0.25, 0.3) is 5.56 Å². The predicted molar refractivity (Wildman–Crippen MR) is 118 cm³/mol. The van der Waals surface area contributed by atoms with E-state index in [1.165, 1.54) is 0 Å². The number of para-hydroxylation sites is 1. The number of rotatable bonds is 5. The number of hydrogen-bond donors (Lipinski definition) is 0. The number of nitrogens with zero attached hydrogens (tertiary/aromatic N) is 2. The second kappa shape index (κ2) is 7.85. The zero-order valence-corrected chi connectivity index (χ0v) is 18.0. The third-order valence-electron chi connectivity index (χ3n) is 4.92. The maximum Gasteiger partial charge on any atom is 0.267 e. The Morgan fingerprint density at radius 2 is 2.14 bits per heavy atom. The van der Waals surface area contributed by atoms with E-state index in [0.717, 1.165) is 44.1 Å². The minimum Gasteiger partial charge on any atom is -0.372 e. The molecule has 4 nitrogen and oxygen atoms in total. The molecular weight excluding hydrogens is 388 g/mol. The SMILES string of the molecule is C=C(C)CSc1nc2sc3c(c2c(=O)n1-c1ccccc1)C[C@@H](C(C)C)OC3. The Morgan fingerprint density at radius 3 is 2.82 bits per heavy atom. The van der Waals surface area contributed by atoms with Gasteiger partial charge in [-0.05, 0) is 30.5 Å². The first-order valence-corrected chi connectivity index (χ1v) is 11.3. The molecule has 3 heterocycles. The molecular formula is C22H24N2O2S2. The summed E-state index contributed by atoms with van der Waals surface area (Å²) in [5.74, 6) is 1.15. The smallest absolute Gasteiger partial charge is 0.267 e. The summed E-state index contributed by atoms with van der Waals surface area (Å²) >= 11 is 3.15. The van der Waals surface area contributed by atoms with Gasteiger partial charge in [0.05, 0.1) is 23.8 Å². The van der Waals surface area contributed by atoms with E-state index in [4.69, 9.17) is 9.72 Å². The van der Waals surface area contributed by atoms with Gasteiger partial charge in [-0.2, -0.15) is 0 Å². The highest BCUT2D eigenvalue weighted by molar-refractivity contribution is 7.99. The lowest BCUT2D eigenvalue weighted by molar-refractivity contribution is 0.00200. The molecule has 3 aromatic rings. The van der Waals surface area contributed by atoms with Gasteiger partial charge in [-0.1, -0.05) is 56.0 Å². The van der Waals surface area contributed by atoms with Crippen LogP contribution in [-0.2, 0) is 17.8 Å². The van der Waals surface area contributed by atoms with Gasteiger partial charge < -0.3 is 4.74 Å². The number of thioether (sulfide) groups is 1. The van der Waals surface area contributed by atoms with E-state index in [-0.39, 0.29) is 11.7 Å². The monoisotopic (exact) mass is 412 g/mol. The summed E-state index contributed by atoms with van der Waals surface area (Å²) in [7, 11) is 0. The second-order valence-corrected chi connectivity index (χ2v) is 9.62. The third kappa shape index (κ3) is 3.56. The van der Waals surface area contributed by atoms with Crippen LogP contribution in [0.1, 0.15) is 31.2 Å². The molecule has 0 radical (unpaired) electrons. The quantitative estimate of drug-likeness (QED) is 0.328. The van der Waals surface area contributed by atoms with Gasteiger partial charge in [0.15, 0.2) is 5.16 Å². The molecule has 0 N–H and O–H groups in total. The highest BCUT2D eigenvalue weighted by Gasteiger charge is 2.28. The average Bonchev–Trinajstić information content (AvgIpc) is 3.04. The normalized spacial score (nSPS) is 16.5. The van der Waals surface area contributed by atoms with E-state index in [1.807, 2.05) is 37.3 Å². The molecule has 0 bridgehead atoms. The van der Waals surface area contributed by atoms with Crippen LogP contribution in [0, 0.1) is 5.92 Å². The molecule has 0 aliphatic carbocycles. The number of ether oxygens (including phenoxy) is 1. The first-order chi connectivity index (χ1) is 13.5. The van der Waals surface area contributed by atoms with Gasteiger partial charge in [-0.3, -0.25) is 9.36 Å². The van der Waals surface area contributed by atoms with Crippen LogP contribution in [0.5, 0.6) is 0 Å². The molecule has 1 aromatic carbocycles.